The average Bonchev–Trinajstić information content (AvgIpc) is 2.74. The van der Waals surface area contributed by atoms with E-state index in [0.29, 0.717) is 12.1 Å². The van der Waals surface area contributed by atoms with Gasteiger partial charge in [-0.15, -0.1) is 0 Å². The summed E-state index contributed by atoms with van der Waals surface area (Å²) in [5.74, 6) is 1.41. The summed E-state index contributed by atoms with van der Waals surface area (Å²) >= 11 is 0. The smallest absolute Gasteiger partial charge is 0.196 e. The Bertz CT molecular complexity index is 509. The van der Waals surface area contributed by atoms with Gasteiger partial charge in [-0.3, -0.25) is 4.99 Å². The lowest BCUT2D eigenvalue weighted by Crippen LogP contribution is -2.61. The molecule has 1 aromatic carbocycles. The molecule has 0 unspecified atom stereocenters. The van der Waals surface area contributed by atoms with E-state index in [1.54, 1.807) is 14.2 Å². The fourth-order valence-corrected chi connectivity index (χ4v) is 3.03. The van der Waals surface area contributed by atoms with Gasteiger partial charge in [-0.1, -0.05) is 6.07 Å². The van der Waals surface area contributed by atoms with Crippen LogP contribution in [-0.2, 0) is 4.74 Å². The highest BCUT2D eigenvalue weighted by molar-refractivity contribution is 5.98. The number of nitrogens with two attached hydrogens (primary N) is 1. The molecule has 1 aliphatic heterocycles. The minimum absolute atomic E-state index is 0.00285. The van der Waals surface area contributed by atoms with Gasteiger partial charge in [-0.2, -0.15) is 0 Å². The Hall–Kier alpha value is -1.75. The van der Waals surface area contributed by atoms with E-state index < -0.39 is 0 Å². The number of anilines is 1. The van der Waals surface area contributed by atoms with Crippen LogP contribution < -0.4 is 15.4 Å². The van der Waals surface area contributed by atoms with Crippen molar-refractivity contribution < 1.29 is 9.47 Å². The van der Waals surface area contributed by atoms with Crippen molar-refractivity contribution in [2.24, 2.45) is 10.7 Å². The van der Waals surface area contributed by atoms with Crippen LogP contribution >= 0.6 is 0 Å². The number of hydrogen-bond donors (Lipinski definition) is 1. The van der Waals surface area contributed by atoms with Crippen LogP contribution in [0, 0.1) is 0 Å². The van der Waals surface area contributed by atoms with Crippen LogP contribution in [-0.4, -0.2) is 38.4 Å². The van der Waals surface area contributed by atoms with Gasteiger partial charge in [0.2, 0.25) is 0 Å². The molecule has 1 aromatic rings. The first-order valence-electron chi connectivity index (χ1n) is 6.45. The lowest BCUT2D eigenvalue weighted by atomic mass is 9.73. The second-order valence-electron chi connectivity index (χ2n) is 5.20. The normalized spacial score (nSPS) is 29.3. The minimum Gasteiger partial charge on any atom is -0.497 e. The standard InChI is InChI=1S/C14H19N3O2/c1-18-11-5-3-4-10(6-11)17-13(15)16-9-14(17)7-12(8-14)19-2/h3-6,12H,7-9H2,1-2H3,(H2,15,16). The van der Waals surface area contributed by atoms with Crippen LogP contribution in [0.2, 0.25) is 0 Å². The summed E-state index contributed by atoms with van der Waals surface area (Å²) < 4.78 is 10.7. The van der Waals surface area contributed by atoms with Crippen LogP contribution in [0.5, 0.6) is 5.75 Å². The number of benzene rings is 1. The average molecular weight is 261 g/mol. The third kappa shape index (κ3) is 1.85. The molecule has 1 heterocycles. The summed E-state index contributed by atoms with van der Waals surface area (Å²) in [7, 11) is 3.42. The van der Waals surface area contributed by atoms with Crippen LogP contribution in [0.15, 0.2) is 29.3 Å². The maximum Gasteiger partial charge on any atom is 0.196 e. The molecule has 5 heteroatoms. The van der Waals surface area contributed by atoms with Crippen LogP contribution in [0.25, 0.3) is 0 Å². The zero-order valence-electron chi connectivity index (χ0n) is 11.3. The third-order valence-electron chi connectivity index (χ3n) is 4.10. The van der Waals surface area contributed by atoms with Gasteiger partial charge in [0.1, 0.15) is 5.75 Å². The van der Waals surface area contributed by atoms with Crippen molar-refractivity contribution >= 4 is 11.6 Å². The molecule has 1 spiro atoms. The first-order valence-corrected chi connectivity index (χ1v) is 6.45. The first-order chi connectivity index (χ1) is 9.18. The molecule has 0 atom stereocenters. The molecule has 2 N–H and O–H groups in total. The van der Waals surface area contributed by atoms with Crippen LogP contribution in [0.1, 0.15) is 12.8 Å². The molecular weight excluding hydrogens is 242 g/mol. The van der Waals surface area contributed by atoms with Gasteiger partial charge in [-0.25, -0.2) is 0 Å². The topological polar surface area (TPSA) is 60.1 Å². The van der Waals surface area contributed by atoms with Gasteiger partial charge in [0.15, 0.2) is 5.96 Å². The maximum absolute atomic E-state index is 6.07. The zero-order chi connectivity index (χ0) is 13.5. The Kier molecular flexibility index (Phi) is 2.86. The molecule has 0 saturated heterocycles. The van der Waals surface area contributed by atoms with Gasteiger partial charge in [-0.05, 0) is 25.0 Å². The van der Waals surface area contributed by atoms with Crippen molar-refractivity contribution in [1.29, 1.82) is 0 Å². The lowest BCUT2D eigenvalue weighted by Gasteiger charge is -2.50. The van der Waals surface area contributed by atoms with Crippen molar-refractivity contribution in [3.63, 3.8) is 0 Å². The molecule has 0 radical (unpaired) electrons. The number of nitrogens with zero attached hydrogens (tertiary/aromatic N) is 2. The summed E-state index contributed by atoms with van der Waals surface area (Å²) in [4.78, 5) is 6.55. The summed E-state index contributed by atoms with van der Waals surface area (Å²) in [5.41, 5.74) is 7.10. The predicted octanol–water partition coefficient (Wildman–Crippen LogP) is 1.38. The summed E-state index contributed by atoms with van der Waals surface area (Å²) in [6.07, 6.45) is 2.24. The fourth-order valence-electron chi connectivity index (χ4n) is 3.03. The van der Waals surface area contributed by atoms with Gasteiger partial charge in [0.25, 0.3) is 0 Å². The Morgan fingerprint density at radius 2 is 2.16 bits per heavy atom. The molecule has 19 heavy (non-hydrogen) atoms. The number of hydrogen-bond acceptors (Lipinski definition) is 5. The van der Waals surface area contributed by atoms with Crippen LogP contribution in [0.4, 0.5) is 5.69 Å². The number of aliphatic imine (C=N–C) groups is 1. The van der Waals surface area contributed by atoms with Crippen molar-refractivity contribution in [2.45, 2.75) is 24.5 Å². The van der Waals surface area contributed by atoms with Crippen molar-refractivity contribution in [2.75, 3.05) is 25.7 Å². The van der Waals surface area contributed by atoms with E-state index in [1.807, 2.05) is 24.3 Å². The van der Waals surface area contributed by atoms with E-state index in [0.717, 1.165) is 30.8 Å². The van der Waals surface area contributed by atoms with Gasteiger partial charge in [0, 0.05) is 18.9 Å². The largest absolute Gasteiger partial charge is 0.497 e. The molecule has 1 fully saturated rings. The molecular formula is C14H19N3O2. The highest BCUT2D eigenvalue weighted by atomic mass is 16.5. The first kappa shape index (κ1) is 12.3. The number of guanidine groups is 1. The highest BCUT2D eigenvalue weighted by Gasteiger charge is 2.53. The zero-order valence-corrected chi connectivity index (χ0v) is 11.3. The van der Waals surface area contributed by atoms with Gasteiger partial charge >= 0.3 is 0 Å². The molecule has 0 amide bonds. The predicted molar refractivity (Wildman–Crippen MR) is 74.7 cm³/mol. The highest BCUT2D eigenvalue weighted by Crippen LogP contribution is 2.45. The van der Waals surface area contributed by atoms with E-state index >= 15 is 0 Å². The lowest BCUT2D eigenvalue weighted by molar-refractivity contribution is -0.00653. The Balaban J connectivity index is 1.90. The Labute approximate surface area is 113 Å². The molecule has 1 aliphatic carbocycles. The van der Waals surface area contributed by atoms with E-state index in [1.165, 1.54) is 0 Å². The summed E-state index contributed by atoms with van der Waals surface area (Å²) in [6, 6.07) is 7.94. The summed E-state index contributed by atoms with van der Waals surface area (Å²) in [5, 5.41) is 0. The van der Waals surface area contributed by atoms with E-state index in [-0.39, 0.29) is 5.54 Å². The van der Waals surface area contributed by atoms with E-state index in [4.69, 9.17) is 15.2 Å². The number of rotatable bonds is 3. The van der Waals surface area contributed by atoms with Crippen molar-refractivity contribution in [3.05, 3.63) is 24.3 Å². The van der Waals surface area contributed by atoms with Gasteiger partial charge in [0.05, 0.1) is 25.3 Å². The Morgan fingerprint density at radius 3 is 2.84 bits per heavy atom. The summed E-state index contributed by atoms with van der Waals surface area (Å²) in [6.45, 7) is 0.746. The fraction of sp³-hybridized carbons (Fsp3) is 0.500. The molecule has 102 valence electrons. The van der Waals surface area contributed by atoms with Crippen molar-refractivity contribution in [3.8, 4) is 5.75 Å². The van der Waals surface area contributed by atoms with E-state index in [2.05, 4.69) is 9.89 Å². The van der Waals surface area contributed by atoms with E-state index in [9.17, 15) is 0 Å². The maximum atomic E-state index is 6.07. The second kappa shape index (κ2) is 4.42. The molecule has 0 aromatic heterocycles. The second-order valence-corrected chi connectivity index (χ2v) is 5.20. The quantitative estimate of drug-likeness (QED) is 0.893. The number of ether oxygens (including phenoxy) is 2. The molecule has 1 saturated carbocycles. The molecule has 2 aliphatic rings. The third-order valence-corrected chi connectivity index (χ3v) is 4.10. The SMILES string of the molecule is COc1cccc(N2C(N)=NCC23CC(OC)C3)c1. The molecule has 0 bridgehead atoms. The van der Waals surface area contributed by atoms with Crippen LogP contribution in [0.3, 0.4) is 0 Å². The monoisotopic (exact) mass is 261 g/mol. The van der Waals surface area contributed by atoms with Gasteiger partial charge < -0.3 is 20.1 Å². The number of methoxy groups -OCH3 is 2. The Morgan fingerprint density at radius 1 is 1.37 bits per heavy atom. The van der Waals surface area contributed by atoms with Crippen molar-refractivity contribution in [1.82, 2.24) is 0 Å². The molecule has 5 nitrogen and oxygen atoms in total. The minimum atomic E-state index is -0.00285. The molecule has 3 rings (SSSR count).